The van der Waals surface area contributed by atoms with E-state index in [1.165, 1.54) is 54.9 Å². The summed E-state index contributed by atoms with van der Waals surface area (Å²) < 4.78 is 15.9. The Hall–Kier alpha value is -2.48. The van der Waals surface area contributed by atoms with Gasteiger partial charge in [0, 0.05) is 23.7 Å². The van der Waals surface area contributed by atoms with E-state index >= 15 is 0 Å². The van der Waals surface area contributed by atoms with Crippen LogP contribution in [-0.4, -0.2) is 35.1 Å². The summed E-state index contributed by atoms with van der Waals surface area (Å²) in [5.41, 5.74) is 0.423. The standard InChI is InChI=1S/C17H16FN5OS/c18-13-7-12(15(24)8-14(13)23-6-5-19-10-23)17-20-9-16(21-22-17)25-11-3-1-2-4-11/h5-11,24H,1-4H2. The zero-order valence-electron chi connectivity index (χ0n) is 13.3. The predicted molar refractivity (Wildman–Crippen MR) is 92.1 cm³/mol. The Labute approximate surface area is 148 Å². The summed E-state index contributed by atoms with van der Waals surface area (Å²) in [5.74, 6) is -0.411. The van der Waals surface area contributed by atoms with Crippen molar-refractivity contribution >= 4 is 11.8 Å². The Balaban J connectivity index is 1.60. The first-order valence-corrected chi connectivity index (χ1v) is 8.96. The molecule has 1 aliphatic carbocycles. The molecule has 128 valence electrons. The Bertz CT molecular complexity index is 863. The van der Waals surface area contributed by atoms with Crippen molar-refractivity contribution in [2.75, 3.05) is 0 Å². The topological polar surface area (TPSA) is 76.7 Å². The molecule has 2 heterocycles. The molecular formula is C17H16FN5OS. The molecule has 1 aliphatic rings. The van der Waals surface area contributed by atoms with E-state index in [4.69, 9.17) is 0 Å². The first-order valence-electron chi connectivity index (χ1n) is 8.08. The highest BCUT2D eigenvalue weighted by Crippen LogP contribution is 2.34. The minimum absolute atomic E-state index is 0.108. The number of imidazole rings is 1. The average Bonchev–Trinajstić information content (AvgIpc) is 3.31. The number of phenolic OH excluding ortho intramolecular Hbond substituents is 1. The number of nitrogens with zero attached hydrogens (tertiary/aromatic N) is 5. The molecule has 0 atom stereocenters. The molecular weight excluding hydrogens is 341 g/mol. The number of thioether (sulfide) groups is 1. The molecule has 0 amide bonds. The minimum Gasteiger partial charge on any atom is -0.507 e. The zero-order valence-corrected chi connectivity index (χ0v) is 14.2. The summed E-state index contributed by atoms with van der Waals surface area (Å²) in [6, 6.07) is 2.54. The number of benzene rings is 1. The highest BCUT2D eigenvalue weighted by Gasteiger charge is 2.18. The van der Waals surface area contributed by atoms with Crippen LogP contribution in [0.1, 0.15) is 25.7 Å². The van der Waals surface area contributed by atoms with Crippen molar-refractivity contribution in [3.63, 3.8) is 0 Å². The van der Waals surface area contributed by atoms with Gasteiger partial charge in [0.1, 0.15) is 16.6 Å². The molecule has 1 aromatic carbocycles. The molecule has 6 nitrogen and oxygen atoms in total. The number of hydrogen-bond acceptors (Lipinski definition) is 6. The minimum atomic E-state index is -0.501. The van der Waals surface area contributed by atoms with Crippen molar-refractivity contribution in [1.82, 2.24) is 24.7 Å². The van der Waals surface area contributed by atoms with Crippen molar-refractivity contribution < 1.29 is 9.50 Å². The van der Waals surface area contributed by atoms with Gasteiger partial charge in [0.25, 0.3) is 0 Å². The Morgan fingerprint density at radius 2 is 2.04 bits per heavy atom. The Morgan fingerprint density at radius 1 is 1.20 bits per heavy atom. The molecule has 0 aliphatic heterocycles. The number of phenols is 1. The van der Waals surface area contributed by atoms with Crippen LogP contribution in [0.5, 0.6) is 5.75 Å². The van der Waals surface area contributed by atoms with Gasteiger partial charge in [0.15, 0.2) is 5.82 Å². The van der Waals surface area contributed by atoms with Crippen LogP contribution in [0, 0.1) is 5.82 Å². The van der Waals surface area contributed by atoms with Gasteiger partial charge in [-0.3, -0.25) is 0 Å². The van der Waals surface area contributed by atoms with E-state index in [2.05, 4.69) is 20.2 Å². The van der Waals surface area contributed by atoms with E-state index < -0.39 is 5.82 Å². The maximum atomic E-state index is 14.4. The lowest BCUT2D eigenvalue weighted by Crippen LogP contribution is -2.00. The van der Waals surface area contributed by atoms with Gasteiger partial charge in [-0.25, -0.2) is 14.4 Å². The van der Waals surface area contributed by atoms with Gasteiger partial charge in [0.05, 0.1) is 23.8 Å². The maximum absolute atomic E-state index is 14.4. The molecule has 1 saturated carbocycles. The van der Waals surface area contributed by atoms with Crippen LogP contribution in [0.15, 0.2) is 42.1 Å². The number of aromatic nitrogens is 5. The van der Waals surface area contributed by atoms with E-state index in [-0.39, 0.29) is 22.8 Å². The zero-order chi connectivity index (χ0) is 17.2. The largest absolute Gasteiger partial charge is 0.507 e. The summed E-state index contributed by atoms with van der Waals surface area (Å²) in [6.07, 6.45) is 11.1. The molecule has 0 saturated heterocycles. The van der Waals surface area contributed by atoms with Gasteiger partial charge < -0.3 is 9.67 Å². The molecule has 0 radical (unpaired) electrons. The summed E-state index contributed by atoms with van der Waals surface area (Å²) in [7, 11) is 0. The van der Waals surface area contributed by atoms with Gasteiger partial charge in [0.2, 0.25) is 0 Å². The lowest BCUT2D eigenvalue weighted by molar-refractivity contribution is 0.474. The number of hydrogen-bond donors (Lipinski definition) is 1. The molecule has 25 heavy (non-hydrogen) atoms. The van der Waals surface area contributed by atoms with E-state index in [9.17, 15) is 9.50 Å². The second-order valence-electron chi connectivity index (χ2n) is 5.94. The third-order valence-electron chi connectivity index (χ3n) is 4.22. The predicted octanol–water partition coefficient (Wildman–Crippen LogP) is 3.60. The van der Waals surface area contributed by atoms with Crippen molar-refractivity contribution in [2.45, 2.75) is 36.0 Å². The summed E-state index contributed by atoms with van der Waals surface area (Å²) in [6.45, 7) is 0. The molecule has 0 bridgehead atoms. The smallest absolute Gasteiger partial charge is 0.185 e. The number of aromatic hydroxyl groups is 1. The molecule has 2 aromatic heterocycles. The van der Waals surface area contributed by atoms with Gasteiger partial charge >= 0.3 is 0 Å². The summed E-state index contributed by atoms with van der Waals surface area (Å²) in [4.78, 5) is 8.12. The lowest BCUT2D eigenvalue weighted by Gasteiger charge is -2.09. The molecule has 4 rings (SSSR count). The molecule has 1 N–H and O–H groups in total. The van der Waals surface area contributed by atoms with Gasteiger partial charge in [-0.05, 0) is 18.9 Å². The second kappa shape index (κ2) is 6.79. The van der Waals surface area contributed by atoms with Crippen molar-refractivity contribution in [3.05, 3.63) is 42.9 Å². The fourth-order valence-corrected chi connectivity index (χ4v) is 4.06. The average molecular weight is 357 g/mol. The molecule has 3 aromatic rings. The van der Waals surface area contributed by atoms with Gasteiger partial charge in [-0.15, -0.1) is 10.2 Å². The molecule has 1 fully saturated rings. The molecule has 8 heteroatoms. The Kier molecular flexibility index (Phi) is 4.35. The maximum Gasteiger partial charge on any atom is 0.185 e. The van der Waals surface area contributed by atoms with Crippen molar-refractivity contribution in [2.24, 2.45) is 0 Å². The van der Waals surface area contributed by atoms with Crippen LogP contribution in [-0.2, 0) is 0 Å². The normalized spacial score (nSPS) is 14.9. The summed E-state index contributed by atoms with van der Waals surface area (Å²) in [5, 5.41) is 19.8. The first-order chi connectivity index (χ1) is 12.2. The fraction of sp³-hybridized carbons (Fsp3) is 0.294. The van der Waals surface area contributed by atoms with E-state index in [1.54, 1.807) is 24.2 Å². The van der Waals surface area contributed by atoms with Crippen molar-refractivity contribution in [1.29, 1.82) is 0 Å². The van der Waals surface area contributed by atoms with Crippen LogP contribution in [0.25, 0.3) is 17.1 Å². The molecule has 0 unspecified atom stereocenters. The van der Waals surface area contributed by atoms with E-state index in [0.29, 0.717) is 5.25 Å². The van der Waals surface area contributed by atoms with Crippen LogP contribution < -0.4 is 0 Å². The number of halogens is 1. The highest BCUT2D eigenvalue weighted by molar-refractivity contribution is 7.99. The van der Waals surface area contributed by atoms with Crippen molar-refractivity contribution in [3.8, 4) is 22.8 Å². The van der Waals surface area contributed by atoms with E-state index in [0.717, 1.165) is 5.03 Å². The van der Waals surface area contributed by atoms with Crippen LogP contribution in [0.2, 0.25) is 0 Å². The summed E-state index contributed by atoms with van der Waals surface area (Å²) >= 11 is 1.68. The van der Waals surface area contributed by atoms with Crippen LogP contribution >= 0.6 is 11.8 Å². The quantitative estimate of drug-likeness (QED) is 0.769. The van der Waals surface area contributed by atoms with Gasteiger partial charge in [-0.1, -0.05) is 24.6 Å². The monoisotopic (exact) mass is 357 g/mol. The third-order valence-corrected chi connectivity index (χ3v) is 5.45. The SMILES string of the molecule is Oc1cc(-n2ccnc2)c(F)cc1-c1ncc(SC2CCCC2)nn1. The van der Waals surface area contributed by atoms with E-state index in [1.807, 2.05) is 0 Å². The van der Waals surface area contributed by atoms with Crippen LogP contribution in [0.3, 0.4) is 0 Å². The van der Waals surface area contributed by atoms with Gasteiger partial charge in [-0.2, -0.15) is 0 Å². The van der Waals surface area contributed by atoms with Crippen LogP contribution in [0.4, 0.5) is 4.39 Å². The second-order valence-corrected chi connectivity index (χ2v) is 7.26. The molecule has 0 spiro atoms. The third kappa shape index (κ3) is 3.34. The number of rotatable bonds is 4. The highest BCUT2D eigenvalue weighted by atomic mass is 32.2. The Morgan fingerprint density at radius 3 is 2.72 bits per heavy atom. The fourth-order valence-electron chi connectivity index (χ4n) is 2.95. The lowest BCUT2D eigenvalue weighted by atomic mass is 10.1. The first kappa shape index (κ1) is 16.0.